The van der Waals surface area contributed by atoms with Gasteiger partial charge in [0.25, 0.3) is 17.7 Å². The second-order valence-electron chi connectivity index (χ2n) is 11.7. The zero-order valence-electron chi connectivity index (χ0n) is 25.7. The second-order valence-corrected chi connectivity index (χ2v) is 14.4. The number of hydrogen-bond acceptors (Lipinski definition) is 8. The standard InChI is InChI=1S/C32H30Cl2F2N6O6S/c33-24-17-38-18-25(34)27(24)28(43)39-22-8-6-20(7-9-22)15-26(29(44)45)40-30(46)32(41-12-2-10-31(35,36)19-41)11-3-13-42(32)49(47,48)23-5-1-4-21(14-23)16-37/h1,4-9,14,17-18,26H,2-3,10-13,15,19H2,(H,39,43)(H,40,46)(H,44,45). The van der Waals surface area contributed by atoms with Gasteiger partial charge in [0, 0.05) is 44.0 Å². The zero-order valence-corrected chi connectivity index (χ0v) is 28.0. The van der Waals surface area contributed by atoms with Crippen molar-refractivity contribution in [2.75, 3.05) is 25.0 Å². The van der Waals surface area contributed by atoms with Crippen LogP contribution in [0.5, 0.6) is 0 Å². The SMILES string of the molecule is N#Cc1cccc(S(=O)(=O)N2CCCC2(C(=O)NC(Cc2ccc(NC(=O)c3c(Cl)cncc3Cl)cc2)C(=O)O)N2CCCC(F)(F)C2)c1. The molecule has 2 fully saturated rings. The largest absolute Gasteiger partial charge is 0.480 e. The highest BCUT2D eigenvalue weighted by Gasteiger charge is 2.59. The number of rotatable bonds is 10. The molecule has 2 saturated heterocycles. The molecular formula is C32H30Cl2F2N6O6S. The summed E-state index contributed by atoms with van der Waals surface area (Å²) in [5, 5.41) is 24.6. The van der Waals surface area contributed by atoms with Crippen molar-refractivity contribution in [3.8, 4) is 6.07 Å². The second kappa shape index (κ2) is 14.3. The normalized spacial score (nSPS) is 20.2. The molecule has 5 rings (SSSR count). The van der Waals surface area contributed by atoms with Gasteiger partial charge in [-0.2, -0.15) is 9.57 Å². The minimum atomic E-state index is -4.53. The van der Waals surface area contributed by atoms with E-state index in [1.807, 2.05) is 6.07 Å². The number of carbonyl (C=O) groups is 3. The van der Waals surface area contributed by atoms with Crippen molar-refractivity contribution in [1.82, 2.24) is 19.5 Å². The van der Waals surface area contributed by atoms with Gasteiger partial charge in [-0.25, -0.2) is 22.0 Å². The molecule has 0 radical (unpaired) electrons. The third-order valence-corrected chi connectivity index (χ3v) is 11.0. The highest BCUT2D eigenvalue weighted by molar-refractivity contribution is 7.89. The predicted molar refractivity (Wildman–Crippen MR) is 175 cm³/mol. The maximum atomic E-state index is 14.8. The number of nitrogens with zero attached hydrogens (tertiary/aromatic N) is 4. The third-order valence-electron chi connectivity index (χ3n) is 8.47. The summed E-state index contributed by atoms with van der Waals surface area (Å²) in [5.74, 6) is -6.32. The summed E-state index contributed by atoms with van der Waals surface area (Å²) in [4.78, 5) is 44.1. The average molecular weight is 736 g/mol. The van der Waals surface area contributed by atoms with Crippen molar-refractivity contribution in [3.63, 3.8) is 0 Å². The number of nitrogens with one attached hydrogen (secondary N) is 2. The summed E-state index contributed by atoms with van der Waals surface area (Å²) in [7, 11) is -4.53. The summed E-state index contributed by atoms with van der Waals surface area (Å²) in [5.41, 5.74) is -1.36. The molecule has 1 aromatic heterocycles. The van der Waals surface area contributed by atoms with E-state index in [-0.39, 0.29) is 64.8 Å². The lowest BCUT2D eigenvalue weighted by Crippen LogP contribution is -2.70. The van der Waals surface area contributed by atoms with Crippen LogP contribution in [0, 0.1) is 11.3 Å². The van der Waals surface area contributed by atoms with E-state index in [0.29, 0.717) is 11.3 Å². The fourth-order valence-corrected chi connectivity index (χ4v) is 8.55. The number of nitriles is 1. The summed E-state index contributed by atoms with van der Waals surface area (Å²) in [6, 6.07) is 11.4. The molecule has 2 atom stereocenters. The highest BCUT2D eigenvalue weighted by Crippen LogP contribution is 2.42. The Bertz CT molecular complexity index is 1910. The number of aromatic nitrogens is 1. The molecule has 2 unspecified atom stereocenters. The molecule has 17 heteroatoms. The lowest BCUT2D eigenvalue weighted by atomic mass is 9.97. The Morgan fingerprint density at radius 1 is 1.04 bits per heavy atom. The van der Waals surface area contributed by atoms with Gasteiger partial charge in [0.1, 0.15) is 6.04 Å². The van der Waals surface area contributed by atoms with E-state index in [9.17, 15) is 42.0 Å². The van der Waals surface area contributed by atoms with E-state index < -0.39 is 58.4 Å². The van der Waals surface area contributed by atoms with Crippen LogP contribution in [-0.2, 0) is 26.0 Å². The minimum Gasteiger partial charge on any atom is -0.480 e. The lowest BCUT2D eigenvalue weighted by molar-refractivity contribution is -0.156. The van der Waals surface area contributed by atoms with Crippen LogP contribution in [0.15, 0.2) is 65.8 Å². The summed E-state index contributed by atoms with van der Waals surface area (Å²) < 4.78 is 58.5. The van der Waals surface area contributed by atoms with Gasteiger partial charge in [-0.1, -0.05) is 41.4 Å². The molecule has 12 nitrogen and oxygen atoms in total. The van der Waals surface area contributed by atoms with Gasteiger partial charge in [-0.15, -0.1) is 0 Å². The number of benzene rings is 2. The third kappa shape index (κ3) is 7.53. The summed E-state index contributed by atoms with van der Waals surface area (Å²) in [6.45, 7) is -1.14. The number of carbonyl (C=O) groups excluding carboxylic acids is 2. The number of anilines is 1. The Morgan fingerprint density at radius 3 is 2.35 bits per heavy atom. The minimum absolute atomic E-state index is 0.0113. The van der Waals surface area contributed by atoms with E-state index in [1.54, 1.807) is 0 Å². The average Bonchev–Trinajstić information content (AvgIpc) is 3.52. The molecule has 0 spiro atoms. The molecule has 3 N–H and O–H groups in total. The molecule has 258 valence electrons. The van der Waals surface area contributed by atoms with E-state index in [1.165, 1.54) is 54.9 Å². The van der Waals surface area contributed by atoms with Gasteiger partial charge < -0.3 is 15.7 Å². The van der Waals surface area contributed by atoms with Crippen LogP contribution in [0.1, 0.15) is 47.2 Å². The predicted octanol–water partition coefficient (Wildman–Crippen LogP) is 4.54. The lowest BCUT2D eigenvalue weighted by Gasteiger charge is -2.48. The summed E-state index contributed by atoms with van der Waals surface area (Å²) in [6.07, 6.45) is 1.75. The van der Waals surface area contributed by atoms with Crippen LogP contribution < -0.4 is 10.6 Å². The molecule has 3 aromatic rings. The number of sulfonamides is 1. The maximum absolute atomic E-state index is 14.8. The van der Waals surface area contributed by atoms with Gasteiger partial charge in [0.05, 0.1) is 38.7 Å². The zero-order chi connectivity index (χ0) is 35.6. The molecule has 49 heavy (non-hydrogen) atoms. The molecule has 2 aromatic carbocycles. The number of likely N-dealkylation sites (tertiary alicyclic amines) is 1. The Morgan fingerprint density at radius 2 is 1.71 bits per heavy atom. The van der Waals surface area contributed by atoms with E-state index in [0.717, 1.165) is 15.3 Å². The molecule has 2 amide bonds. The van der Waals surface area contributed by atoms with Gasteiger partial charge in [-0.05, 0) is 55.2 Å². The molecule has 0 aliphatic carbocycles. The van der Waals surface area contributed by atoms with Gasteiger partial charge in [0.2, 0.25) is 10.0 Å². The van der Waals surface area contributed by atoms with Crippen molar-refractivity contribution in [3.05, 3.63) is 87.7 Å². The monoisotopic (exact) mass is 734 g/mol. The first-order valence-electron chi connectivity index (χ1n) is 15.1. The molecule has 2 aliphatic rings. The quantitative estimate of drug-likeness (QED) is 0.270. The number of piperidine rings is 1. The van der Waals surface area contributed by atoms with Crippen LogP contribution in [0.3, 0.4) is 0 Å². The van der Waals surface area contributed by atoms with Crippen molar-refractivity contribution in [2.24, 2.45) is 0 Å². The van der Waals surface area contributed by atoms with E-state index >= 15 is 0 Å². The topological polar surface area (TPSA) is 173 Å². The van der Waals surface area contributed by atoms with Crippen LogP contribution in [0.4, 0.5) is 14.5 Å². The van der Waals surface area contributed by atoms with Crippen molar-refractivity contribution in [1.29, 1.82) is 5.26 Å². The number of halogens is 4. The molecular weight excluding hydrogens is 705 g/mol. The number of pyridine rings is 1. The Labute approximate surface area is 290 Å². The first-order valence-corrected chi connectivity index (χ1v) is 17.3. The number of carboxylic acid groups (broad SMARTS) is 1. The van der Waals surface area contributed by atoms with Crippen LogP contribution >= 0.6 is 23.2 Å². The van der Waals surface area contributed by atoms with Gasteiger partial charge >= 0.3 is 5.97 Å². The first kappa shape index (κ1) is 36.1. The molecule has 0 saturated carbocycles. The highest BCUT2D eigenvalue weighted by atomic mass is 35.5. The number of hydrogen-bond donors (Lipinski definition) is 3. The fraction of sp³-hybridized carbons (Fsp3) is 0.344. The van der Waals surface area contributed by atoms with E-state index in [2.05, 4.69) is 15.6 Å². The molecule has 2 aliphatic heterocycles. The molecule has 0 bridgehead atoms. The summed E-state index contributed by atoms with van der Waals surface area (Å²) >= 11 is 12.1. The number of carboxylic acids is 1. The number of aliphatic carboxylic acids is 1. The van der Waals surface area contributed by atoms with Crippen molar-refractivity contribution in [2.45, 2.75) is 54.6 Å². The van der Waals surface area contributed by atoms with Crippen LogP contribution in [0.25, 0.3) is 0 Å². The van der Waals surface area contributed by atoms with E-state index in [4.69, 9.17) is 23.2 Å². The van der Waals surface area contributed by atoms with Crippen LogP contribution in [0.2, 0.25) is 10.0 Å². The van der Waals surface area contributed by atoms with Crippen molar-refractivity contribution >= 4 is 56.7 Å². The fourth-order valence-electron chi connectivity index (χ4n) is 6.17. The Kier molecular flexibility index (Phi) is 10.6. The number of amides is 2. The van der Waals surface area contributed by atoms with Gasteiger partial charge in [0.15, 0.2) is 5.66 Å². The Hall–Kier alpha value is -4.20. The smallest absolute Gasteiger partial charge is 0.326 e. The first-order chi connectivity index (χ1) is 23.2. The molecule has 3 heterocycles. The number of alkyl halides is 2. The van der Waals surface area contributed by atoms with Crippen LogP contribution in [-0.4, -0.2) is 82.8 Å². The van der Waals surface area contributed by atoms with Gasteiger partial charge in [-0.3, -0.25) is 19.5 Å². The van der Waals surface area contributed by atoms with Crippen molar-refractivity contribution < 1.29 is 36.7 Å². The maximum Gasteiger partial charge on any atom is 0.326 e. The Balaban J connectivity index is 1.41.